The number of fused-ring (bicyclic) bond motifs is 2. The predicted molar refractivity (Wildman–Crippen MR) is 472 cm³/mol. The molecule has 4 aromatic heterocycles. The van der Waals surface area contributed by atoms with Crippen LogP contribution in [-0.2, 0) is 0 Å². The summed E-state index contributed by atoms with van der Waals surface area (Å²) in [7, 11) is 0. The van der Waals surface area contributed by atoms with Crippen molar-refractivity contribution in [3.05, 3.63) is 413 Å². The highest BCUT2D eigenvalue weighted by Crippen LogP contribution is 2.46. The van der Waals surface area contributed by atoms with Crippen LogP contribution in [0.2, 0.25) is 0 Å². The summed E-state index contributed by atoms with van der Waals surface area (Å²) >= 11 is 0. The molecule has 0 amide bonds. The van der Waals surface area contributed by atoms with E-state index >= 15 is 0 Å². The van der Waals surface area contributed by atoms with Crippen molar-refractivity contribution in [2.24, 2.45) is 0 Å². The molecule has 10 nitrogen and oxygen atoms in total. The second kappa shape index (κ2) is 30.8. The zero-order chi connectivity index (χ0) is 77.1. The van der Waals surface area contributed by atoms with Crippen LogP contribution in [0.25, 0.3) is 213 Å². The van der Waals surface area contributed by atoms with Crippen molar-refractivity contribution in [2.75, 3.05) is 0 Å². The number of benzene rings is 16. The lowest BCUT2D eigenvalue weighted by Gasteiger charge is -2.18. The third-order valence-electron chi connectivity index (χ3n) is 21.3. The summed E-state index contributed by atoms with van der Waals surface area (Å²) in [6, 6.07) is 143. The van der Waals surface area contributed by atoms with Gasteiger partial charge >= 0.3 is 0 Å². The summed E-state index contributed by atoms with van der Waals surface area (Å²) in [5, 5.41) is 4.40. The van der Waals surface area contributed by atoms with Crippen LogP contribution in [0.1, 0.15) is 0 Å². The summed E-state index contributed by atoms with van der Waals surface area (Å²) in [5.41, 5.74) is 25.1. The minimum absolute atomic E-state index is 0.547. The van der Waals surface area contributed by atoms with Crippen molar-refractivity contribution in [2.45, 2.75) is 0 Å². The maximum Gasteiger partial charge on any atom is 0.164 e. The first-order valence-electron chi connectivity index (χ1n) is 38.8. The molecule has 0 N–H and O–H groups in total. The van der Waals surface area contributed by atoms with Crippen LogP contribution in [-0.4, -0.2) is 49.8 Å². The summed E-state index contributed by atoms with van der Waals surface area (Å²) in [5.74, 6) is 4.76. The van der Waals surface area contributed by atoms with Crippen molar-refractivity contribution in [3.63, 3.8) is 0 Å². The standard InChI is InChI=1S/C106H68N10/c1-8-28-72(29-9-1)93-67-94(73-30-10-2-11-31-73)109-100(108-93)82-57-49-71(50-58-82)86-64-63-69-27-22-23-42-85(69)97(86)76-53-59-84(60-54-76)105-114-103(81-40-20-7-21-41-81)115-106(116-105)92-44-25-24-43-89(92)88-45-26-46-91-90(88)66-65-87(70-47-51-75(52-48-70)96-68-95(74-32-12-3-13-33-74)107-99(110-96)78-34-14-4-15-35-78)98(91)77-55-61-83(62-56-77)104-112-101(79-36-16-5-17-37-79)111-102(113-104)80-38-18-6-19-39-80/h1-68H. The van der Waals surface area contributed by atoms with Crippen molar-refractivity contribution < 1.29 is 0 Å². The van der Waals surface area contributed by atoms with E-state index in [9.17, 15) is 0 Å². The van der Waals surface area contributed by atoms with Crippen LogP contribution in [0.3, 0.4) is 0 Å². The molecule has 0 radical (unpaired) electrons. The van der Waals surface area contributed by atoms with Gasteiger partial charge in [0.1, 0.15) is 0 Å². The van der Waals surface area contributed by atoms with Crippen molar-refractivity contribution in [1.29, 1.82) is 0 Å². The molecule has 0 aliphatic carbocycles. The summed E-state index contributed by atoms with van der Waals surface area (Å²) in [4.78, 5) is 52.0. The quantitative estimate of drug-likeness (QED) is 0.0869. The van der Waals surface area contributed by atoms with Gasteiger partial charge < -0.3 is 0 Å². The highest BCUT2D eigenvalue weighted by molar-refractivity contribution is 6.11. The van der Waals surface area contributed by atoms with E-state index in [1.807, 2.05) is 152 Å². The third-order valence-corrected chi connectivity index (χ3v) is 21.3. The Balaban J connectivity index is 0.686. The Morgan fingerprint density at radius 2 is 0.379 bits per heavy atom. The fourth-order valence-corrected chi connectivity index (χ4v) is 15.5. The second-order valence-corrected chi connectivity index (χ2v) is 28.6. The summed E-state index contributed by atoms with van der Waals surface area (Å²) < 4.78 is 0. The maximum absolute atomic E-state index is 5.47. The molecule has 10 heteroatoms. The lowest BCUT2D eigenvalue weighted by molar-refractivity contribution is 1.07. The number of aromatic nitrogens is 10. The van der Waals surface area contributed by atoms with E-state index in [0.29, 0.717) is 46.6 Å². The van der Waals surface area contributed by atoms with Gasteiger partial charge in [0.2, 0.25) is 0 Å². The average molecular weight is 1480 g/mol. The van der Waals surface area contributed by atoms with Gasteiger partial charge in [-0.3, -0.25) is 0 Å². The molecule has 0 saturated carbocycles. The Morgan fingerprint density at radius 3 is 0.776 bits per heavy atom. The number of hydrogen-bond donors (Lipinski definition) is 0. The first-order chi connectivity index (χ1) is 57.5. The molecule has 4 heterocycles. The predicted octanol–water partition coefficient (Wildman–Crippen LogP) is 26.3. The lowest BCUT2D eigenvalue weighted by atomic mass is 9.86. The van der Waals surface area contributed by atoms with E-state index in [4.69, 9.17) is 49.8 Å². The molecule has 20 aromatic rings. The Morgan fingerprint density at radius 1 is 0.121 bits per heavy atom. The zero-order valence-corrected chi connectivity index (χ0v) is 62.7. The highest BCUT2D eigenvalue weighted by Gasteiger charge is 2.23. The molecular weight excluding hydrogens is 1410 g/mol. The van der Waals surface area contributed by atoms with Crippen LogP contribution in [0, 0.1) is 0 Å². The molecule has 116 heavy (non-hydrogen) atoms. The van der Waals surface area contributed by atoms with Crippen molar-refractivity contribution in [1.82, 2.24) is 49.8 Å². The van der Waals surface area contributed by atoms with Gasteiger partial charge in [0.15, 0.2) is 46.6 Å². The van der Waals surface area contributed by atoms with Gasteiger partial charge in [-0.1, -0.05) is 400 Å². The van der Waals surface area contributed by atoms with Gasteiger partial charge in [0.05, 0.1) is 22.8 Å². The number of nitrogens with zero attached hydrogens (tertiary/aromatic N) is 10. The monoisotopic (exact) mass is 1480 g/mol. The zero-order valence-electron chi connectivity index (χ0n) is 62.7. The summed E-state index contributed by atoms with van der Waals surface area (Å²) in [6.07, 6.45) is 0. The number of hydrogen-bond acceptors (Lipinski definition) is 10. The molecular formula is C106H68N10. The fraction of sp³-hybridized carbons (Fsp3) is 0. The Labute approximate surface area is 671 Å². The first kappa shape index (κ1) is 69.4. The largest absolute Gasteiger partial charge is 0.228 e. The molecule has 16 aromatic carbocycles. The smallest absolute Gasteiger partial charge is 0.164 e. The molecule has 0 bridgehead atoms. The van der Waals surface area contributed by atoms with Gasteiger partial charge in [-0.05, 0) is 89.3 Å². The van der Waals surface area contributed by atoms with E-state index in [-0.39, 0.29) is 0 Å². The number of rotatable bonds is 17. The average Bonchev–Trinajstić information content (AvgIpc) is 0.738. The topological polar surface area (TPSA) is 129 Å². The van der Waals surface area contributed by atoms with Crippen LogP contribution in [0.4, 0.5) is 0 Å². The van der Waals surface area contributed by atoms with Gasteiger partial charge in [0, 0.05) is 66.8 Å². The molecule has 0 saturated heterocycles. The van der Waals surface area contributed by atoms with Crippen LogP contribution >= 0.6 is 0 Å². The molecule has 0 aliphatic heterocycles. The van der Waals surface area contributed by atoms with Crippen molar-refractivity contribution in [3.8, 4) is 192 Å². The minimum atomic E-state index is 0.547. The lowest BCUT2D eigenvalue weighted by Crippen LogP contribution is -2.01. The maximum atomic E-state index is 5.47. The fourth-order valence-electron chi connectivity index (χ4n) is 15.5. The molecule has 0 aliphatic rings. The Kier molecular flexibility index (Phi) is 18.4. The van der Waals surface area contributed by atoms with E-state index in [2.05, 4.69) is 261 Å². The van der Waals surface area contributed by atoms with Gasteiger partial charge in [-0.25, -0.2) is 49.8 Å². The Hall–Kier alpha value is -15.8. The van der Waals surface area contributed by atoms with E-state index in [0.717, 1.165) is 167 Å². The molecule has 542 valence electrons. The third kappa shape index (κ3) is 13.9. The molecule has 20 rings (SSSR count). The van der Waals surface area contributed by atoms with Gasteiger partial charge in [-0.2, -0.15) is 0 Å². The highest BCUT2D eigenvalue weighted by atomic mass is 15.0. The normalized spacial score (nSPS) is 11.3. The van der Waals surface area contributed by atoms with Gasteiger partial charge in [0.25, 0.3) is 0 Å². The SMILES string of the molecule is c1ccc(-c2cc(-c3ccc(-c4ccc5c(-c6ccccc6-c6nc(-c7ccccc7)nc(-c7ccc(-c8c(-c9ccc(-c%10nc(-c%11ccccc%11)cc(-c%11ccccc%11)n%10)cc9)ccc9ccccc89)cc7)n6)cccc5c4-c4ccc(-c5nc(-c6ccccc6)nc(-c6ccccc6)n5)cc4)cc3)nc(-c3ccccc3)n2)cc1. The molecule has 0 fully saturated rings. The second-order valence-electron chi connectivity index (χ2n) is 28.6. The van der Waals surface area contributed by atoms with Crippen LogP contribution in [0.15, 0.2) is 413 Å². The van der Waals surface area contributed by atoms with E-state index < -0.39 is 0 Å². The van der Waals surface area contributed by atoms with E-state index in [1.165, 1.54) is 0 Å². The first-order valence-corrected chi connectivity index (χ1v) is 38.8. The van der Waals surface area contributed by atoms with E-state index in [1.54, 1.807) is 0 Å². The van der Waals surface area contributed by atoms with Crippen molar-refractivity contribution >= 4 is 21.5 Å². The van der Waals surface area contributed by atoms with Crippen LogP contribution in [0.5, 0.6) is 0 Å². The molecule has 0 atom stereocenters. The minimum Gasteiger partial charge on any atom is -0.228 e. The Bertz CT molecular complexity index is 6810. The van der Waals surface area contributed by atoms with Gasteiger partial charge in [-0.15, -0.1) is 0 Å². The molecule has 0 spiro atoms. The molecule has 0 unspecified atom stereocenters. The van der Waals surface area contributed by atoms with Crippen LogP contribution < -0.4 is 0 Å². The summed E-state index contributed by atoms with van der Waals surface area (Å²) in [6.45, 7) is 0.